The average Bonchev–Trinajstić information content (AvgIpc) is 2.96. The molecular weight excluding hydrogens is 472 g/mol. The molecule has 4 aliphatic carbocycles. The number of carbonyl (C=O) groups is 2. The van der Waals surface area contributed by atoms with Gasteiger partial charge >= 0.3 is 0 Å². The van der Waals surface area contributed by atoms with Crippen molar-refractivity contribution in [2.45, 2.75) is 111 Å². The summed E-state index contributed by atoms with van der Waals surface area (Å²) in [6, 6.07) is 0. The molecule has 3 saturated carbocycles. The number of Topliss-reactive ketones (excluding diaryl/α,β-unsaturated/α-hetero) is 1. The molecule has 0 aromatic carbocycles. The Balaban J connectivity index is 1.79. The van der Waals surface area contributed by atoms with Gasteiger partial charge in [0.25, 0.3) is 0 Å². The molecule has 37 heavy (non-hydrogen) atoms. The van der Waals surface area contributed by atoms with Gasteiger partial charge in [0.1, 0.15) is 11.4 Å². The molecular formula is C30H46O7. The summed E-state index contributed by atoms with van der Waals surface area (Å²) in [7, 11) is 0. The normalized spacial score (nSPS) is 47.1. The number of allylic oxidation sites excluding steroid dienone is 1. The Morgan fingerprint density at radius 2 is 1.59 bits per heavy atom. The lowest BCUT2D eigenvalue weighted by Crippen LogP contribution is -2.65. The van der Waals surface area contributed by atoms with Crippen molar-refractivity contribution in [2.75, 3.05) is 0 Å². The van der Waals surface area contributed by atoms with E-state index in [0.29, 0.717) is 19.3 Å². The Bertz CT molecular complexity index is 1050. The fourth-order valence-electron chi connectivity index (χ4n) is 9.15. The smallest absolute Gasteiger partial charge is 0.187 e. The Morgan fingerprint density at radius 1 is 1.00 bits per heavy atom. The molecule has 7 heteroatoms. The number of aliphatic hydroxyl groups excluding tert-OH is 3. The maximum Gasteiger partial charge on any atom is 0.187 e. The summed E-state index contributed by atoms with van der Waals surface area (Å²) in [4.78, 5) is 27.4. The molecule has 0 aromatic heterocycles. The quantitative estimate of drug-likeness (QED) is 0.285. The summed E-state index contributed by atoms with van der Waals surface area (Å²) in [5.41, 5.74) is -5.07. The van der Waals surface area contributed by atoms with Crippen LogP contribution in [0.2, 0.25) is 0 Å². The number of carbonyl (C=O) groups excluding carboxylic acids is 2. The van der Waals surface area contributed by atoms with E-state index < -0.39 is 62.9 Å². The lowest BCUT2D eigenvalue weighted by molar-refractivity contribution is -0.186. The highest BCUT2D eigenvalue weighted by atomic mass is 16.3. The van der Waals surface area contributed by atoms with E-state index >= 15 is 0 Å². The summed E-state index contributed by atoms with van der Waals surface area (Å²) < 4.78 is 0. The van der Waals surface area contributed by atoms with Crippen LogP contribution in [0.3, 0.4) is 0 Å². The molecule has 10 atom stereocenters. The van der Waals surface area contributed by atoms with Crippen LogP contribution in [-0.2, 0) is 9.59 Å². The third-order valence-electron chi connectivity index (χ3n) is 11.4. The van der Waals surface area contributed by atoms with E-state index in [4.69, 9.17) is 0 Å². The minimum atomic E-state index is -1.94. The molecule has 4 aliphatic rings. The van der Waals surface area contributed by atoms with E-state index in [1.165, 1.54) is 32.9 Å². The van der Waals surface area contributed by atoms with Crippen LogP contribution in [0.25, 0.3) is 0 Å². The molecule has 0 bridgehead atoms. The van der Waals surface area contributed by atoms with Crippen LogP contribution in [0.5, 0.6) is 0 Å². The third-order valence-corrected chi connectivity index (χ3v) is 11.4. The highest BCUT2D eigenvalue weighted by Crippen LogP contribution is 2.74. The zero-order valence-electron chi connectivity index (χ0n) is 23.6. The Kier molecular flexibility index (Phi) is 6.43. The van der Waals surface area contributed by atoms with Gasteiger partial charge in [-0.15, -0.1) is 0 Å². The molecule has 7 nitrogen and oxygen atoms in total. The van der Waals surface area contributed by atoms with Crippen LogP contribution in [0, 0.1) is 39.4 Å². The standard InChI is InChI=1S/C30H46O7/c1-25(2,36)12-11-21(33)30(8,37)23-19(32)14-27(5)20-10-9-16-17(13-18(31)24(35)26(16,3)4)29(20,7)22(34)15-28(23,27)6/h9,11-12,17-20,23-24,31-32,35-37H,10,13-15H2,1-8H3/b12-11+/t17-,18+,19-,20+,23+,24-,27+,28-,29+,30?/m1/s1. The maximum atomic E-state index is 14.2. The van der Waals surface area contributed by atoms with E-state index in [1.807, 2.05) is 27.7 Å². The van der Waals surface area contributed by atoms with Gasteiger partial charge in [-0.25, -0.2) is 0 Å². The second-order valence-corrected chi connectivity index (χ2v) is 14.4. The lowest BCUT2D eigenvalue weighted by atomic mass is 9.38. The number of aliphatic hydroxyl groups is 5. The highest BCUT2D eigenvalue weighted by molar-refractivity contribution is 5.97. The van der Waals surface area contributed by atoms with Gasteiger partial charge in [-0.2, -0.15) is 0 Å². The van der Waals surface area contributed by atoms with Gasteiger partial charge in [-0.3, -0.25) is 9.59 Å². The van der Waals surface area contributed by atoms with Gasteiger partial charge in [0.2, 0.25) is 0 Å². The Labute approximate surface area is 220 Å². The first-order valence-electron chi connectivity index (χ1n) is 13.6. The van der Waals surface area contributed by atoms with Crippen LogP contribution in [0.1, 0.15) is 81.1 Å². The molecule has 0 saturated heterocycles. The lowest BCUT2D eigenvalue weighted by Gasteiger charge is -2.65. The molecule has 208 valence electrons. The number of hydrogen-bond donors (Lipinski definition) is 5. The fourth-order valence-corrected chi connectivity index (χ4v) is 9.15. The predicted molar refractivity (Wildman–Crippen MR) is 139 cm³/mol. The van der Waals surface area contributed by atoms with E-state index in [-0.39, 0.29) is 24.0 Å². The van der Waals surface area contributed by atoms with Crippen LogP contribution in [0.4, 0.5) is 0 Å². The second kappa shape index (κ2) is 8.31. The van der Waals surface area contributed by atoms with Crippen LogP contribution in [0.15, 0.2) is 23.8 Å². The molecule has 0 aliphatic heterocycles. The molecule has 4 rings (SSSR count). The fraction of sp³-hybridized carbons (Fsp3) is 0.800. The zero-order chi connectivity index (χ0) is 28.1. The molecule has 0 spiro atoms. The van der Waals surface area contributed by atoms with Gasteiger partial charge < -0.3 is 25.5 Å². The van der Waals surface area contributed by atoms with E-state index in [0.717, 1.165) is 5.57 Å². The van der Waals surface area contributed by atoms with E-state index in [9.17, 15) is 35.1 Å². The van der Waals surface area contributed by atoms with Crippen molar-refractivity contribution in [1.82, 2.24) is 0 Å². The summed E-state index contributed by atoms with van der Waals surface area (Å²) in [5, 5.41) is 54.6. The van der Waals surface area contributed by atoms with Gasteiger partial charge in [-0.1, -0.05) is 52.3 Å². The molecule has 0 amide bonds. The minimum absolute atomic E-state index is 0.0156. The molecule has 3 fully saturated rings. The van der Waals surface area contributed by atoms with Crippen molar-refractivity contribution in [2.24, 2.45) is 39.4 Å². The maximum absolute atomic E-state index is 14.2. The summed E-state index contributed by atoms with van der Waals surface area (Å²) in [5.74, 6) is -1.88. The largest absolute Gasteiger partial charge is 0.393 e. The topological polar surface area (TPSA) is 135 Å². The van der Waals surface area contributed by atoms with Crippen LogP contribution < -0.4 is 0 Å². The van der Waals surface area contributed by atoms with Crippen molar-refractivity contribution in [3.63, 3.8) is 0 Å². The monoisotopic (exact) mass is 518 g/mol. The van der Waals surface area contributed by atoms with Crippen molar-refractivity contribution in [1.29, 1.82) is 0 Å². The third kappa shape index (κ3) is 3.79. The Hall–Kier alpha value is -1.38. The van der Waals surface area contributed by atoms with Crippen molar-refractivity contribution in [3.05, 3.63) is 23.8 Å². The van der Waals surface area contributed by atoms with Crippen LogP contribution in [-0.4, -0.2) is 66.6 Å². The molecule has 5 N–H and O–H groups in total. The molecule has 0 aromatic rings. The number of rotatable bonds is 4. The number of fused-ring (bicyclic) bond motifs is 5. The second-order valence-electron chi connectivity index (χ2n) is 14.4. The van der Waals surface area contributed by atoms with Crippen molar-refractivity contribution in [3.8, 4) is 0 Å². The summed E-state index contributed by atoms with van der Waals surface area (Å²) in [6.45, 7) is 14.3. The number of hydrogen-bond acceptors (Lipinski definition) is 7. The van der Waals surface area contributed by atoms with Gasteiger partial charge in [0.15, 0.2) is 5.78 Å². The first-order chi connectivity index (χ1) is 16.7. The van der Waals surface area contributed by atoms with Crippen molar-refractivity contribution < 1.29 is 35.1 Å². The predicted octanol–water partition coefficient (Wildman–Crippen LogP) is 2.72. The van der Waals surface area contributed by atoms with Crippen molar-refractivity contribution >= 4 is 11.6 Å². The first-order valence-corrected chi connectivity index (χ1v) is 13.6. The van der Waals surface area contributed by atoms with Gasteiger partial charge in [0, 0.05) is 23.2 Å². The molecule has 0 heterocycles. The van der Waals surface area contributed by atoms with Gasteiger partial charge in [-0.05, 0) is 68.8 Å². The number of ketones is 2. The molecule has 0 radical (unpaired) electrons. The summed E-state index contributed by atoms with van der Waals surface area (Å²) >= 11 is 0. The Morgan fingerprint density at radius 3 is 2.16 bits per heavy atom. The average molecular weight is 519 g/mol. The molecule has 1 unspecified atom stereocenters. The SMILES string of the molecule is CC(C)(O)/C=C/C(=O)C(C)(O)[C@H]1[C@H](O)C[C@@]2(C)[C@@H]3CC=C4[C@@H](C[C@H](O)[C@@H](O)C4(C)C)[C@]3(C)C(=O)C[C@]12C. The zero-order valence-corrected chi connectivity index (χ0v) is 23.6. The van der Waals surface area contributed by atoms with E-state index in [2.05, 4.69) is 13.0 Å². The highest BCUT2D eigenvalue weighted by Gasteiger charge is 2.74. The van der Waals surface area contributed by atoms with Gasteiger partial charge in [0.05, 0.1) is 23.9 Å². The van der Waals surface area contributed by atoms with E-state index in [1.54, 1.807) is 0 Å². The minimum Gasteiger partial charge on any atom is -0.393 e. The first kappa shape index (κ1) is 28.6. The summed E-state index contributed by atoms with van der Waals surface area (Å²) in [6.07, 6.45) is 3.10. The van der Waals surface area contributed by atoms with Crippen LogP contribution >= 0.6 is 0 Å².